The summed E-state index contributed by atoms with van der Waals surface area (Å²) in [5.74, 6) is -0.457. The quantitative estimate of drug-likeness (QED) is 0.720. The van der Waals surface area contributed by atoms with Crippen LogP contribution in [0.3, 0.4) is 0 Å². The molecule has 0 spiro atoms. The van der Waals surface area contributed by atoms with Gasteiger partial charge in [0.25, 0.3) is 0 Å². The summed E-state index contributed by atoms with van der Waals surface area (Å²) in [6, 6.07) is 8.64. The van der Waals surface area contributed by atoms with Crippen molar-refractivity contribution < 1.29 is 22.4 Å². The summed E-state index contributed by atoms with van der Waals surface area (Å²) in [7, 11) is 0. The van der Waals surface area contributed by atoms with Crippen LogP contribution in [0.1, 0.15) is 36.5 Å². The molecule has 2 N–H and O–H groups in total. The number of alkyl halides is 3. The first-order valence-corrected chi connectivity index (χ1v) is 7.67. The Hall–Kier alpha value is -2.57. The highest BCUT2D eigenvalue weighted by Crippen LogP contribution is 2.30. The SMILES string of the molecule is CC(C)c1ccc(NC(=O)NCc2cc(C(F)(F)F)ccc2F)cc1. The second-order valence-electron chi connectivity index (χ2n) is 5.89. The molecule has 0 atom stereocenters. The normalized spacial score (nSPS) is 11.5. The zero-order chi connectivity index (χ0) is 18.6. The zero-order valence-electron chi connectivity index (χ0n) is 13.7. The average molecular weight is 354 g/mol. The minimum absolute atomic E-state index is 0.236. The van der Waals surface area contributed by atoms with Crippen LogP contribution in [0.25, 0.3) is 0 Å². The van der Waals surface area contributed by atoms with Crippen LogP contribution in [0.4, 0.5) is 28.0 Å². The maximum atomic E-state index is 13.6. The predicted octanol–water partition coefficient (Wildman–Crippen LogP) is 5.29. The van der Waals surface area contributed by atoms with Crippen molar-refractivity contribution in [3.05, 3.63) is 65.0 Å². The number of benzene rings is 2. The van der Waals surface area contributed by atoms with E-state index in [0.29, 0.717) is 23.7 Å². The van der Waals surface area contributed by atoms with Crippen molar-refractivity contribution in [3.63, 3.8) is 0 Å². The van der Waals surface area contributed by atoms with Gasteiger partial charge in [-0.05, 0) is 41.8 Å². The molecule has 2 amide bonds. The molecule has 0 aliphatic heterocycles. The van der Waals surface area contributed by atoms with E-state index in [1.807, 2.05) is 26.0 Å². The minimum Gasteiger partial charge on any atom is -0.334 e. The van der Waals surface area contributed by atoms with Gasteiger partial charge in [0.1, 0.15) is 5.82 Å². The number of hydrogen-bond acceptors (Lipinski definition) is 1. The van der Waals surface area contributed by atoms with Gasteiger partial charge in [-0.25, -0.2) is 9.18 Å². The lowest BCUT2D eigenvalue weighted by Gasteiger charge is -2.12. The van der Waals surface area contributed by atoms with Gasteiger partial charge < -0.3 is 10.6 Å². The molecule has 3 nitrogen and oxygen atoms in total. The van der Waals surface area contributed by atoms with E-state index in [1.54, 1.807) is 12.1 Å². The Morgan fingerprint density at radius 3 is 2.28 bits per heavy atom. The molecule has 25 heavy (non-hydrogen) atoms. The van der Waals surface area contributed by atoms with Gasteiger partial charge in [-0.2, -0.15) is 13.2 Å². The number of carbonyl (C=O) groups excluding carboxylic acids is 1. The lowest BCUT2D eigenvalue weighted by atomic mass is 10.0. The van der Waals surface area contributed by atoms with Gasteiger partial charge in [0.2, 0.25) is 0 Å². The van der Waals surface area contributed by atoms with E-state index < -0.39 is 23.6 Å². The Labute approximate surface area is 143 Å². The number of nitrogens with one attached hydrogen (secondary N) is 2. The summed E-state index contributed by atoms with van der Waals surface area (Å²) in [5.41, 5.74) is 0.443. The Morgan fingerprint density at radius 2 is 1.72 bits per heavy atom. The molecular weight excluding hydrogens is 336 g/mol. The number of rotatable bonds is 4. The summed E-state index contributed by atoms with van der Waals surface area (Å²) in [6.45, 7) is 3.73. The third-order valence-electron chi connectivity index (χ3n) is 3.65. The van der Waals surface area contributed by atoms with Gasteiger partial charge in [-0.1, -0.05) is 26.0 Å². The van der Waals surface area contributed by atoms with Crippen molar-refractivity contribution in [2.75, 3.05) is 5.32 Å². The number of urea groups is 1. The molecule has 0 saturated carbocycles. The van der Waals surface area contributed by atoms with Crippen molar-refractivity contribution in [1.29, 1.82) is 0 Å². The molecule has 2 aromatic carbocycles. The summed E-state index contributed by atoms with van der Waals surface area (Å²) < 4.78 is 51.6. The van der Waals surface area contributed by atoms with E-state index >= 15 is 0 Å². The number of amides is 2. The molecule has 0 radical (unpaired) electrons. The third kappa shape index (κ3) is 5.20. The third-order valence-corrected chi connectivity index (χ3v) is 3.65. The number of anilines is 1. The van der Waals surface area contributed by atoms with Crippen molar-refractivity contribution in [1.82, 2.24) is 5.32 Å². The molecule has 0 aliphatic carbocycles. The maximum Gasteiger partial charge on any atom is 0.416 e. The highest BCUT2D eigenvalue weighted by molar-refractivity contribution is 5.89. The van der Waals surface area contributed by atoms with Crippen LogP contribution in [-0.4, -0.2) is 6.03 Å². The van der Waals surface area contributed by atoms with Crippen LogP contribution >= 0.6 is 0 Å². The molecule has 0 aromatic heterocycles. The Morgan fingerprint density at radius 1 is 1.08 bits per heavy atom. The minimum atomic E-state index is -4.57. The Balaban J connectivity index is 1.98. The first-order valence-electron chi connectivity index (χ1n) is 7.67. The molecule has 2 rings (SSSR count). The molecule has 0 fully saturated rings. The van der Waals surface area contributed by atoms with E-state index in [1.165, 1.54) is 0 Å². The summed E-state index contributed by atoms with van der Waals surface area (Å²) >= 11 is 0. The molecule has 0 unspecified atom stereocenters. The van der Waals surface area contributed by atoms with Crippen LogP contribution in [-0.2, 0) is 12.7 Å². The lowest BCUT2D eigenvalue weighted by Crippen LogP contribution is -2.28. The predicted molar refractivity (Wildman–Crippen MR) is 87.8 cm³/mol. The summed E-state index contributed by atoms with van der Waals surface area (Å²) in [6.07, 6.45) is -4.57. The van der Waals surface area contributed by atoms with Gasteiger partial charge >= 0.3 is 12.2 Å². The van der Waals surface area contributed by atoms with Crippen LogP contribution < -0.4 is 10.6 Å². The fourth-order valence-electron chi connectivity index (χ4n) is 2.19. The largest absolute Gasteiger partial charge is 0.416 e. The van der Waals surface area contributed by atoms with E-state index in [2.05, 4.69) is 10.6 Å². The number of carbonyl (C=O) groups is 1. The standard InChI is InChI=1S/C18H18F4N2O/c1-11(2)12-3-6-15(7-4-12)24-17(25)23-10-13-9-14(18(20,21)22)5-8-16(13)19/h3-9,11H,10H2,1-2H3,(H2,23,24,25). The molecule has 2 aromatic rings. The molecule has 0 aliphatic rings. The maximum absolute atomic E-state index is 13.6. The lowest BCUT2D eigenvalue weighted by molar-refractivity contribution is -0.137. The summed E-state index contributed by atoms with van der Waals surface area (Å²) in [4.78, 5) is 11.8. The van der Waals surface area contributed by atoms with E-state index in [-0.39, 0.29) is 12.1 Å². The van der Waals surface area contributed by atoms with Crippen LogP contribution in [0.5, 0.6) is 0 Å². The first kappa shape index (κ1) is 18.8. The molecule has 134 valence electrons. The van der Waals surface area contributed by atoms with Crippen molar-refractivity contribution in [2.45, 2.75) is 32.5 Å². The summed E-state index contributed by atoms with van der Waals surface area (Å²) in [5, 5.41) is 4.89. The second kappa shape index (κ2) is 7.55. The van der Waals surface area contributed by atoms with Gasteiger partial charge in [-0.3, -0.25) is 0 Å². The topological polar surface area (TPSA) is 41.1 Å². The molecular formula is C18H18F4N2O. The fourth-order valence-corrected chi connectivity index (χ4v) is 2.19. The molecule has 0 bridgehead atoms. The molecule has 0 saturated heterocycles. The van der Waals surface area contributed by atoms with Gasteiger partial charge in [0.05, 0.1) is 5.56 Å². The fraction of sp³-hybridized carbons (Fsp3) is 0.278. The van der Waals surface area contributed by atoms with Crippen LogP contribution in [0.15, 0.2) is 42.5 Å². The van der Waals surface area contributed by atoms with Gasteiger partial charge in [0, 0.05) is 17.8 Å². The van der Waals surface area contributed by atoms with Gasteiger partial charge in [0.15, 0.2) is 0 Å². The van der Waals surface area contributed by atoms with E-state index in [9.17, 15) is 22.4 Å². The van der Waals surface area contributed by atoms with E-state index in [0.717, 1.165) is 11.6 Å². The average Bonchev–Trinajstić information content (AvgIpc) is 2.53. The highest BCUT2D eigenvalue weighted by atomic mass is 19.4. The van der Waals surface area contributed by atoms with Crippen LogP contribution in [0.2, 0.25) is 0 Å². The van der Waals surface area contributed by atoms with Crippen molar-refractivity contribution in [3.8, 4) is 0 Å². The number of halogens is 4. The zero-order valence-corrected chi connectivity index (χ0v) is 13.7. The Kier molecular flexibility index (Phi) is 5.66. The molecule has 0 heterocycles. The van der Waals surface area contributed by atoms with Gasteiger partial charge in [-0.15, -0.1) is 0 Å². The smallest absolute Gasteiger partial charge is 0.334 e. The number of hydrogen-bond donors (Lipinski definition) is 2. The van der Waals surface area contributed by atoms with Crippen molar-refractivity contribution >= 4 is 11.7 Å². The first-order chi connectivity index (χ1) is 11.7. The van der Waals surface area contributed by atoms with Crippen molar-refractivity contribution in [2.24, 2.45) is 0 Å². The molecule has 7 heteroatoms. The van der Waals surface area contributed by atoms with E-state index in [4.69, 9.17) is 0 Å². The second-order valence-corrected chi connectivity index (χ2v) is 5.89. The van der Waals surface area contributed by atoms with Crippen LogP contribution in [0, 0.1) is 5.82 Å². The monoisotopic (exact) mass is 354 g/mol. The highest BCUT2D eigenvalue weighted by Gasteiger charge is 2.31. The Bertz CT molecular complexity index is 740.